The highest BCUT2D eigenvalue weighted by Gasteiger charge is 2.20. The van der Waals surface area contributed by atoms with Gasteiger partial charge in [0.1, 0.15) is 0 Å². The number of hydrogen-bond acceptors (Lipinski definition) is 4. The average Bonchev–Trinajstić information content (AvgIpc) is 2.57. The largest absolute Gasteiger partial charge is 0.354 e. The lowest BCUT2D eigenvalue weighted by atomic mass is 9.96. The summed E-state index contributed by atoms with van der Waals surface area (Å²) < 4.78 is 0. The molecule has 0 aromatic rings. The van der Waals surface area contributed by atoms with Crippen molar-refractivity contribution in [2.24, 2.45) is 10.4 Å². The van der Waals surface area contributed by atoms with Crippen LogP contribution in [-0.4, -0.2) is 50.0 Å². The molecule has 0 spiro atoms. The van der Waals surface area contributed by atoms with Crippen molar-refractivity contribution in [3.63, 3.8) is 0 Å². The smallest absolute Gasteiger partial charge is 0.225 e. The fourth-order valence-corrected chi connectivity index (χ4v) is 1.34. The molecule has 0 unspecified atom stereocenters. The first kappa shape index (κ1) is 16.5. The number of carbonyl (C=O) groups excluding carboxylic acids is 1. The van der Waals surface area contributed by atoms with Crippen molar-refractivity contribution in [2.75, 3.05) is 33.2 Å². The van der Waals surface area contributed by atoms with Gasteiger partial charge in [-0.15, -0.1) is 24.0 Å². The molecule has 0 saturated heterocycles. The molecule has 17 heavy (non-hydrogen) atoms. The summed E-state index contributed by atoms with van der Waals surface area (Å²) in [6.07, 6.45) is 0. The normalized spacial score (nSPS) is 15.1. The highest BCUT2D eigenvalue weighted by molar-refractivity contribution is 14.0. The molecule has 1 aliphatic rings. The van der Waals surface area contributed by atoms with Crippen molar-refractivity contribution in [2.45, 2.75) is 20.8 Å². The molecule has 2 N–H and O–H groups in total. The van der Waals surface area contributed by atoms with Gasteiger partial charge in [-0.2, -0.15) is 0 Å². The number of aliphatic imine (C=N–C) groups is 1. The van der Waals surface area contributed by atoms with Crippen molar-refractivity contribution < 1.29 is 4.79 Å². The summed E-state index contributed by atoms with van der Waals surface area (Å²) in [5.41, 5.74) is -0.318. The Labute approximate surface area is 120 Å². The summed E-state index contributed by atoms with van der Waals surface area (Å²) in [6.45, 7) is 8.89. The average molecular weight is 354 g/mol. The van der Waals surface area contributed by atoms with Crippen molar-refractivity contribution in [1.82, 2.24) is 15.5 Å². The van der Waals surface area contributed by atoms with Crippen LogP contribution in [0.4, 0.5) is 0 Å². The van der Waals surface area contributed by atoms with Gasteiger partial charge in [-0.3, -0.25) is 9.79 Å². The van der Waals surface area contributed by atoms with Gasteiger partial charge in [0.2, 0.25) is 5.91 Å². The predicted octanol–water partition coefficient (Wildman–Crippen LogP) is 0.658. The molecule has 0 fully saturated rings. The number of halogens is 1. The van der Waals surface area contributed by atoms with Crippen LogP contribution in [0.5, 0.6) is 0 Å². The monoisotopic (exact) mass is 354 g/mol. The Bertz CT molecular complexity index is 286. The third-order valence-electron chi connectivity index (χ3n) is 2.43. The molecular weight excluding hydrogens is 331 g/mol. The standard InChI is InChI=1S/C11H22N4O.HI/c1-11(2,3)9(16)12-5-6-13-10-14-7-8-15(10)4;/h5-8H2,1-4H3,(H,12,16)(H,13,14);1H. The number of nitrogens with zero attached hydrogens (tertiary/aromatic N) is 2. The lowest BCUT2D eigenvalue weighted by Gasteiger charge is -2.19. The first-order valence-corrected chi connectivity index (χ1v) is 5.69. The van der Waals surface area contributed by atoms with Crippen molar-refractivity contribution in [1.29, 1.82) is 0 Å². The lowest BCUT2D eigenvalue weighted by molar-refractivity contribution is -0.128. The van der Waals surface area contributed by atoms with Gasteiger partial charge in [0, 0.05) is 32.1 Å². The van der Waals surface area contributed by atoms with E-state index in [4.69, 9.17) is 0 Å². The first-order valence-electron chi connectivity index (χ1n) is 5.69. The van der Waals surface area contributed by atoms with Gasteiger partial charge < -0.3 is 15.5 Å². The van der Waals surface area contributed by atoms with Crippen LogP contribution in [0.1, 0.15) is 20.8 Å². The highest BCUT2D eigenvalue weighted by Crippen LogP contribution is 2.11. The van der Waals surface area contributed by atoms with Crippen molar-refractivity contribution >= 4 is 35.8 Å². The van der Waals surface area contributed by atoms with Gasteiger partial charge in [-0.25, -0.2) is 0 Å². The molecule has 0 aromatic heterocycles. The van der Waals surface area contributed by atoms with E-state index in [2.05, 4.69) is 20.5 Å². The van der Waals surface area contributed by atoms with E-state index in [-0.39, 0.29) is 35.3 Å². The van der Waals surface area contributed by atoms with E-state index in [1.54, 1.807) is 0 Å². The number of rotatable bonds is 3. The molecule has 0 radical (unpaired) electrons. The second-order valence-electron chi connectivity index (χ2n) is 5.06. The quantitative estimate of drug-likeness (QED) is 0.578. The van der Waals surface area contributed by atoms with E-state index in [0.717, 1.165) is 19.0 Å². The second kappa shape index (κ2) is 7.03. The number of hydrogen-bond donors (Lipinski definition) is 2. The SMILES string of the molecule is CN1CCN=C1NCCNC(=O)C(C)(C)C.I. The number of amides is 1. The van der Waals surface area contributed by atoms with E-state index in [1.165, 1.54) is 0 Å². The third kappa shape index (κ3) is 5.56. The summed E-state index contributed by atoms with van der Waals surface area (Å²) >= 11 is 0. The molecular formula is C11H23IN4O. The maximum atomic E-state index is 11.5. The zero-order valence-electron chi connectivity index (χ0n) is 11.0. The molecule has 0 aromatic carbocycles. The molecule has 1 heterocycles. The Kier molecular flexibility index (Phi) is 6.81. The van der Waals surface area contributed by atoms with Gasteiger partial charge in [-0.1, -0.05) is 20.8 Å². The summed E-state index contributed by atoms with van der Waals surface area (Å²) in [6, 6.07) is 0. The molecule has 1 rings (SSSR count). The maximum Gasteiger partial charge on any atom is 0.225 e. The molecule has 0 saturated carbocycles. The highest BCUT2D eigenvalue weighted by atomic mass is 127. The van der Waals surface area contributed by atoms with Crippen molar-refractivity contribution in [3.05, 3.63) is 0 Å². The summed E-state index contributed by atoms with van der Waals surface area (Å²) in [5.74, 6) is 1.00. The minimum absolute atomic E-state index is 0. The van der Waals surface area contributed by atoms with Gasteiger partial charge in [0.05, 0.1) is 6.54 Å². The summed E-state index contributed by atoms with van der Waals surface area (Å²) in [7, 11) is 2.01. The van der Waals surface area contributed by atoms with Crippen LogP contribution in [0.15, 0.2) is 4.99 Å². The predicted molar refractivity (Wildman–Crippen MR) is 80.8 cm³/mol. The van der Waals surface area contributed by atoms with Crippen LogP contribution < -0.4 is 10.6 Å². The lowest BCUT2D eigenvalue weighted by Crippen LogP contribution is -2.42. The molecule has 0 bridgehead atoms. The number of nitrogens with one attached hydrogen (secondary N) is 2. The van der Waals surface area contributed by atoms with E-state index >= 15 is 0 Å². The van der Waals surface area contributed by atoms with Gasteiger partial charge in [-0.05, 0) is 0 Å². The Hall–Kier alpha value is -0.530. The molecule has 5 nitrogen and oxygen atoms in total. The number of guanidine groups is 1. The molecule has 6 heteroatoms. The van der Waals surface area contributed by atoms with Crippen molar-refractivity contribution in [3.8, 4) is 0 Å². The molecule has 0 aliphatic carbocycles. The topological polar surface area (TPSA) is 56.7 Å². The number of likely N-dealkylation sites (N-methyl/N-ethyl adjacent to an activating group) is 1. The molecule has 100 valence electrons. The zero-order valence-corrected chi connectivity index (χ0v) is 13.4. The maximum absolute atomic E-state index is 11.5. The van der Waals surface area contributed by atoms with Gasteiger partial charge in [0.25, 0.3) is 0 Å². The van der Waals surface area contributed by atoms with E-state index in [9.17, 15) is 4.79 Å². The third-order valence-corrected chi connectivity index (χ3v) is 2.43. The van der Waals surface area contributed by atoms with Crippen LogP contribution in [-0.2, 0) is 4.79 Å². The Morgan fingerprint density at radius 3 is 2.53 bits per heavy atom. The van der Waals surface area contributed by atoms with Crippen LogP contribution >= 0.6 is 24.0 Å². The number of carbonyl (C=O) groups is 1. The van der Waals surface area contributed by atoms with E-state index < -0.39 is 0 Å². The van der Waals surface area contributed by atoms with E-state index in [0.29, 0.717) is 13.1 Å². The Morgan fingerprint density at radius 2 is 2.06 bits per heavy atom. The van der Waals surface area contributed by atoms with Gasteiger partial charge >= 0.3 is 0 Å². The van der Waals surface area contributed by atoms with Crippen LogP contribution in [0.25, 0.3) is 0 Å². The summed E-state index contributed by atoms with van der Waals surface area (Å²) in [4.78, 5) is 17.9. The fourth-order valence-electron chi connectivity index (χ4n) is 1.34. The molecule has 1 aliphatic heterocycles. The van der Waals surface area contributed by atoms with Crippen LogP contribution in [0.3, 0.4) is 0 Å². The first-order chi connectivity index (χ1) is 7.41. The van der Waals surface area contributed by atoms with Gasteiger partial charge in [0.15, 0.2) is 5.96 Å². The second-order valence-corrected chi connectivity index (χ2v) is 5.06. The minimum atomic E-state index is -0.318. The zero-order chi connectivity index (χ0) is 12.2. The molecule has 1 amide bonds. The van der Waals surface area contributed by atoms with Crippen LogP contribution in [0, 0.1) is 5.41 Å². The fraction of sp³-hybridized carbons (Fsp3) is 0.818. The summed E-state index contributed by atoms with van der Waals surface area (Å²) in [5, 5.41) is 6.09. The van der Waals surface area contributed by atoms with Crippen LogP contribution in [0.2, 0.25) is 0 Å². The Morgan fingerprint density at radius 1 is 1.41 bits per heavy atom. The van der Waals surface area contributed by atoms with E-state index in [1.807, 2.05) is 27.8 Å². The minimum Gasteiger partial charge on any atom is -0.354 e. The molecule has 0 atom stereocenters. The Balaban J connectivity index is 0.00000256.